The molecule has 0 aliphatic carbocycles. The van der Waals surface area contributed by atoms with Crippen LogP contribution < -0.4 is 0 Å². The number of benzene rings is 9. The van der Waals surface area contributed by atoms with Gasteiger partial charge in [-0.05, 0) is 87.0 Å². The van der Waals surface area contributed by atoms with Crippen molar-refractivity contribution in [2.45, 2.75) is 0 Å². The first-order valence-corrected chi connectivity index (χ1v) is 20.8. The van der Waals surface area contributed by atoms with Gasteiger partial charge in [-0.25, -0.2) is 15.0 Å². The van der Waals surface area contributed by atoms with Gasteiger partial charge in [0.1, 0.15) is 22.3 Å². The molecule has 0 amide bonds. The average molecular weight is 794 g/mol. The van der Waals surface area contributed by atoms with E-state index in [9.17, 15) is 0 Å². The lowest BCUT2D eigenvalue weighted by Gasteiger charge is -2.12. The Morgan fingerprint density at radius 3 is 1.23 bits per heavy atom. The quantitative estimate of drug-likeness (QED) is 0.161. The average Bonchev–Trinajstić information content (AvgIpc) is 3.93. The summed E-state index contributed by atoms with van der Waals surface area (Å²) in [5.41, 5.74) is 14.9. The highest BCUT2D eigenvalue weighted by atomic mass is 16.3. The minimum Gasteiger partial charge on any atom is -0.456 e. The number of furan rings is 2. The first-order chi connectivity index (χ1) is 30.7. The predicted octanol–water partition coefficient (Wildman–Crippen LogP) is 15.3. The molecule has 0 saturated carbocycles. The molecule has 9 aromatic carbocycles. The molecule has 0 bridgehead atoms. The number of fused-ring (bicyclic) bond motifs is 6. The topological polar surface area (TPSA) is 65.0 Å². The number of hydrogen-bond donors (Lipinski definition) is 0. The summed E-state index contributed by atoms with van der Waals surface area (Å²) in [5, 5.41) is 3.90. The van der Waals surface area contributed by atoms with Crippen LogP contribution in [0, 0.1) is 0 Å². The molecule has 0 aliphatic rings. The normalized spacial score (nSPS) is 11.5. The molecular formula is C57H35N3O2. The lowest BCUT2D eigenvalue weighted by Crippen LogP contribution is -2.00. The molecule has 5 nitrogen and oxygen atoms in total. The Hall–Kier alpha value is -8.41. The summed E-state index contributed by atoms with van der Waals surface area (Å²) in [6.07, 6.45) is 0. The summed E-state index contributed by atoms with van der Waals surface area (Å²) < 4.78 is 13.0. The van der Waals surface area contributed by atoms with Gasteiger partial charge < -0.3 is 8.83 Å². The van der Waals surface area contributed by atoms with E-state index in [1.54, 1.807) is 0 Å². The molecule has 0 spiro atoms. The van der Waals surface area contributed by atoms with Crippen molar-refractivity contribution in [1.82, 2.24) is 15.0 Å². The lowest BCUT2D eigenvalue weighted by atomic mass is 9.92. The third kappa shape index (κ3) is 6.14. The minimum absolute atomic E-state index is 0.557. The number of nitrogens with zero attached hydrogens (tertiary/aromatic N) is 3. The maximum Gasteiger partial charge on any atom is 0.164 e. The van der Waals surface area contributed by atoms with E-state index in [4.69, 9.17) is 23.8 Å². The Labute approximate surface area is 357 Å². The molecule has 12 aromatic rings. The van der Waals surface area contributed by atoms with Crippen LogP contribution in [0.2, 0.25) is 0 Å². The molecule has 0 unspecified atom stereocenters. The second kappa shape index (κ2) is 14.7. The van der Waals surface area contributed by atoms with Crippen LogP contribution in [0.15, 0.2) is 221 Å². The summed E-state index contributed by atoms with van der Waals surface area (Å²) in [4.78, 5) is 15.7. The van der Waals surface area contributed by atoms with Gasteiger partial charge in [0.15, 0.2) is 17.5 Å². The minimum atomic E-state index is 0.557. The van der Waals surface area contributed by atoms with E-state index in [0.29, 0.717) is 17.5 Å². The molecule has 0 saturated heterocycles. The smallest absolute Gasteiger partial charge is 0.164 e. The fourth-order valence-electron chi connectivity index (χ4n) is 8.82. The summed E-state index contributed by atoms with van der Waals surface area (Å²) in [7, 11) is 0. The van der Waals surface area contributed by atoms with Crippen LogP contribution in [0.25, 0.3) is 123 Å². The fourth-order valence-corrected chi connectivity index (χ4v) is 8.82. The second-order valence-corrected chi connectivity index (χ2v) is 15.5. The zero-order valence-corrected chi connectivity index (χ0v) is 33.4. The largest absolute Gasteiger partial charge is 0.456 e. The second-order valence-electron chi connectivity index (χ2n) is 15.5. The van der Waals surface area contributed by atoms with Gasteiger partial charge in [0, 0.05) is 38.2 Å². The van der Waals surface area contributed by atoms with Gasteiger partial charge in [0.25, 0.3) is 0 Å². The maximum atomic E-state index is 6.55. The molecule has 3 aromatic heterocycles. The first-order valence-electron chi connectivity index (χ1n) is 20.8. The third-order valence-corrected chi connectivity index (χ3v) is 11.8. The Morgan fingerprint density at radius 2 is 0.645 bits per heavy atom. The summed E-state index contributed by atoms with van der Waals surface area (Å²) in [6, 6.07) is 73.4. The molecule has 12 rings (SSSR count). The Bertz CT molecular complexity index is 3630. The summed E-state index contributed by atoms with van der Waals surface area (Å²) >= 11 is 0. The van der Waals surface area contributed by atoms with Crippen molar-refractivity contribution in [2.24, 2.45) is 0 Å². The van der Waals surface area contributed by atoms with E-state index in [-0.39, 0.29) is 0 Å². The third-order valence-electron chi connectivity index (χ3n) is 11.8. The van der Waals surface area contributed by atoms with Gasteiger partial charge >= 0.3 is 0 Å². The van der Waals surface area contributed by atoms with Gasteiger partial charge in [-0.3, -0.25) is 0 Å². The van der Waals surface area contributed by atoms with Gasteiger partial charge in [-0.2, -0.15) is 0 Å². The van der Waals surface area contributed by atoms with Crippen LogP contribution >= 0.6 is 0 Å². The summed E-state index contributed by atoms with van der Waals surface area (Å²) in [6.45, 7) is 0. The van der Waals surface area contributed by atoms with Crippen LogP contribution in [-0.2, 0) is 0 Å². The zero-order chi connectivity index (χ0) is 41.0. The Kier molecular flexibility index (Phi) is 8.42. The van der Waals surface area contributed by atoms with E-state index in [1.165, 1.54) is 16.7 Å². The van der Waals surface area contributed by atoms with E-state index < -0.39 is 0 Å². The predicted molar refractivity (Wildman–Crippen MR) is 252 cm³/mol. The highest BCUT2D eigenvalue weighted by molar-refractivity contribution is 6.14. The van der Waals surface area contributed by atoms with Gasteiger partial charge in [0.2, 0.25) is 0 Å². The molecule has 62 heavy (non-hydrogen) atoms. The highest BCUT2D eigenvalue weighted by Gasteiger charge is 2.21. The van der Waals surface area contributed by atoms with E-state index in [0.717, 1.165) is 88.4 Å². The van der Waals surface area contributed by atoms with Crippen LogP contribution in [0.5, 0.6) is 0 Å². The van der Waals surface area contributed by atoms with Crippen molar-refractivity contribution < 1.29 is 8.83 Å². The lowest BCUT2D eigenvalue weighted by molar-refractivity contribution is 0.668. The van der Waals surface area contributed by atoms with Crippen molar-refractivity contribution in [1.29, 1.82) is 0 Å². The number of aromatic nitrogens is 3. The number of rotatable bonds is 7. The van der Waals surface area contributed by atoms with Crippen LogP contribution in [0.1, 0.15) is 0 Å². The van der Waals surface area contributed by atoms with E-state index in [2.05, 4.69) is 152 Å². The van der Waals surface area contributed by atoms with Gasteiger partial charge in [-0.15, -0.1) is 0 Å². The molecule has 0 fully saturated rings. The van der Waals surface area contributed by atoms with E-state index in [1.807, 2.05) is 60.7 Å². The van der Waals surface area contributed by atoms with Crippen molar-refractivity contribution in [2.75, 3.05) is 0 Å². The highest BCUT2D eigenvalue weighted by Crippen LogP contribution is 2.42. The number of hydrogen-bond acceptors (Lipinski definition) is 5. The standard InChI is InChI=1S/C57H35N3O2/c1-4-15-36(16-5-1)40-29-31-49-47(34-40)53-45(25-13-27-51(53)61-49)56-58-55(38-19-8-3-9-20-38)59-57(60-56)46-26-14-28-52-54(46)48-35-41(30-32-50(48)62-52)39-21-12-22-42(33-39)44-24-11-10-23-43(44)37-17-6-2-7-18-37/h1-35H. The molecule has 5 heteroatoms. The Balaban J connectivity index is 1.03. The monoisotopic (exact) mass is 793 g/mol. The molecule has 290 valence electrons. The maximum absolute atomic E-state index is 6.55. The fraction of sp³-hybridized carbons (Fsp3) is 0. The molecule has 0 N–H and O–H groups in total. The van der Waals surface area contributed by atoms with Gasteiger partial charge in [0.05, 0.1) is 0 Å². The van der Waals surface area contributed by atoms with E-state index >= 15 is 0 Å². The van der Waals surface area contributed by atoms with Crippen molar-refractivity contribution in [3.8, 4) is 78.7 Å². The van der Waals surface area contributed by atoms with Crippen LogP contribution in [0.3, 0.4) is 0 Å². The zero-order valence-electron chi connectivity index (χ0n) is 33.4. The van der Waals surface area contributed by atoms with Crippen LogP contribution in [-0.4, -0.2) is 15.0 Å². The molecule has 0 radical (unpaired) electrons. The van der Waals surface area contributed by atoms with Crippen molar-refractivity contribution >= 4 is 43.9 Å². The Morgan fingerprint density at radius 1 is 0.242 bits per heavy atom. The SMILES string of the molecule is c1ccc(-c2ccc3oc4cccc(-c5nc(-c6ccccc6)nc(-c6cccc7oc8ccc(-c9cccc(-c%10ccccc%10-c%10ccccc%10)c9)cc8c67)n5)c4c3c2)cc1. The van der Waals surface area contributed by atoms with Gasteiger partial charge in [-0.1, -0.05) is 170 Å². The molecule has 0 aliphatic heterocycles. The molecule has 3 heterocycles. The molecular weight excluding hydrogens is 759 g/mol. The van der Waals surface area contributed by atoms with Crippen molar-refractivity contribution in [3.05, 3.63) is 212 Å². The first kappa shape index (κ1) is 35.5. The molecule has 0 atom stereocenters. The summed E-state index contributed by atoms with van der Waals surface area (Å²) in [5.74, 6) is 1.70. The van der Waals surface area contributed by atoms with Crippen molar-refractivity contribution in [3.63, 3.8) is 0 Å². The van der Waals surface area contributed by atoms with Crippen LogP contribution in [0.4, 0.5) is 0 Å².